The molecule has 1 atom stereocenters. The van der Waals surface area contributed by atoms with E-state index in [2.05, 4.69) is 15.3 Å². The Hall–Kier alpha value is -1.81. The predicted octanol–water partition coefficient (Wildman–Crippen LogP) is 2.94. The molecule has 0 aliphatic rings. The summed E-state index contributed by atoms with van der Waals surface area (Å²) in [5.74, 6) is 0.634. The fourth-order valence-corrected chi connectivity index (χ4v) is 1.80. The largest absolute Gasteiger partial charge is 0.347 e. The number of rotatable bonds is 4. The summed E-state index contributed by atoms with van der Waals surface area (Å²) in [5.41, 5.74) is 0.587. The van der Waals surface area contributed by atoms with E-state index in [0.29, 0.717) is 10.6 Å². The van der Waals surface area contributed by atoms with Crippen LogP contribution in [0.3, 0.4) is 0 Å². The summed E-state index contributed by atoms with van der Waals surface area (Å²) in [6, 6.07) is 6.69. The normalized spacial score (nSPS) is 12.1. The third kappa shape index (κ3) is 2.90. The van der Waals surface area contributed by atoms with Crippen molar-refractivity contribution in [3.63, 3.8) is 0 Å². The van der Waals surface area contributed by atoms with E-state index in [9.17, 15) is 4.79 Å². The molecule has 0 aliphatic carbocycles. The van der Waals surface area contributed by atoms with Gasteiger partial charge in [0, 0.05) is 23.0 Å². The second kappa shape index (κ2) is 5.69. The molecule has 1 heterocycles. The van der Waals surface area contributed by atoms with Gasteiger partial charge in [0.1, 0.15) is 5.82 Å². The van der Waals surface area contributed by atoms with Gasteiger partial charge in [-0.15, -0.1) is 0 Å². The van der Waals surface area contributed by atoms with Crippen LogP contribution in [0, 0.1) is 0 Å². The molecule has 0 bridgehead atoms. The third-order valence-corrected chi connectivity index (χ3v) is 2.92. The highest BCUT2D eigenvalue weighted by molar-refractivity contribution is 6.30. The number of benzene rings is 1. The smallest absolute Gasteiger partial charge is 0.251 e. The Morgan fingerprint density at radius 3 is 2.72 bits per heavy atom. The summed E-state index contributed by atoms with van der Waals surface area (Å²) in [6.45, 7) is 2.00. The average Bonchev–Trinajstić information content (AvgIpc) is 2.90. The van der Waals surface area contributed by atoms with E-state index in [1.165, 1.54) is 0 Å². The van der Waals surface area contributed by atoms with Gasteiger partial charge in [0.25, 0.3) is 5.91 Å². The number of aromatic nitrogens is 2. The number of nitrogens with one attached hydrogen (secondary N) is 2. The van der Waals surface area contributed by atoms with Crippen molar-refractivity contribution in [1.82, 2.24) is 15.3 Å². The maximum Gasteiger partial charge on any atom is 0.251 e. The fraction of sp³-hybridized carbons (Fsp3) is 0.231. The predicted molar refractivity (Wildman–Crippen MR) is 70.5 cm³/mol. The standard InChI is InChI=1S/C13H14ClN3O/c1-2-11(12-15-7-8-16-12)17-13(18)9-3-5-10(14)6-4-9/h3-8,11H,2H2,1H3,(H,15,16)(H,17,18). The lowest BCUT2D eigenvalue weighted by Gasteiger charge is -2.14. The molecule has 2 rings (SSSR count). The number of hydrogen-bond donors (Lipinski definition) is 2. The van der Waals surface area contributed by atoms with E-state index in [-0.39, 0.29) is 11.9 Å². The quantitative estimate of drug-likeness (QED) is 0.891. The molecule has 1 aromatic carbocycles. The molecule has 2 aromatic rings. The molecule has 4 nitrogen and oxygen atoms in total. The number of imidazole rings is 1. The zero-order valence-corrected chi connectivity index (χ0v) is 10.7. The zero-order chi connectivity index (χ0) is 13.0. The highest BCUT2D eigenvalue weighted by Gasteiger charge is 2.15. The molecule has 1 aromatic heterocycles. The Labute approximate surface area is 110 Å². The maximum atomic E-state index is 12.0. The van der Waals surface area contributed by atoms with Gasteiger partial charge in [-0.25, -0.2) is 4.98 Å². The van der Waals surface area contributed by atoms with Gasteiger partial charge in [0.05, 0.1) is 6.04 Å². The van der Waals surface area contributed by atoms with Crippen molar-refractivity contribution >= 4 is 17.5 Å². The van der Waals surface area contributed by atoms with Gasteiger partial charge in [0.2, 0.25) is 0 Å². The third-order valence-electron chi connectivity index (χ3n) is 2.67. The minimum absolute atomic E-state index is 0.108. The lowest BCUT2D eigenvalue weighted by atomic mass is 10.1. The minimum Gasteiger partial charge on any atom is -0.347 e. The first-order valence-corrected chi connectivity index (χ1v) is 6.14. The number of halogens is 1. The first kappa shape index (κ1) is 12.6. The summed E-state index contributed by atoms with van der Waals surface area (Å²) in [7, 11) is 0. The van der Waals surface area contributed by atoms with Gasteiger partial charge in [-0.2, -0.15) is 0 Å². The molecule has 1 amide bonds. The molecule has 0 saturated heterocycles. The topological polar surface area (TPSA) is 57.8 Å². The second-order valence-electron chi connectivity index (χ2n) is 3.92. The monoisotopic (exact) mass is 263 g/mol. The van der Waals surface area contributed by atoms with Crippen molar-refractivity contribution in [3.8, 4) is 0 Å². The van der Waals surface area contributed by atoms with Crippen LogP contribution >= 0.6 is 11.6 Å². The number of carbonyl (C=O) groups excluding carboxylic acids is 1. The molecule has 2 N–H and O–H groups in total. The number of nitrogens with zero attached hydrogens (tertiary/aromatic N) is 1. The molecule has 0 spiro atoms. The zero-order valence-electron chi connectivity index (χ0n) is 9.98. The van der Waals surface area contributed by atoms with E-state index in [1.54, 1.807) is 36.7 Å². The van der Waals surface area contributed by atoms with Crippen molar-refractivity contribution < 1.29 is 4.79 Å². The van der Waals surface area contributed by atoms with Crippen LogP contribution in [0.4, 0.5) is 0 Å². The summed E-state index contributed by atoms with van der Waals surface area (Å²) in [5, 5.41) is 3.54. The van der Waals surface area contributed by atoms with Crippen LogP contribution in [0.15, 0.2) is 36.7 Å². The van der Waals surface area contributed by atoms with Gasteiger partial charge >= 0.3 is 0 Å². The Morgan fingerprint density at radius 1 is 1.44 bits per heavy atom. The van der Waals surface area contributed by atoms with Crippen molar-refractivity contribution in [3.05, 3.63) is 53.1 Å². The van der Waals surface area contributed by atoms with E-state index in [4.69, 9.17) is 11.6 Å². The van der Waals surface area contributed by atoms with E-state index in [0.717, 1.165) is 12.2 Å². The molecule has 1 unspecified atom stereocenters. The van der Waals surface area contributed by atoms with Crippen molar-refractivity contribution in [1.29, 1.82) is 0 Å². The Bertz CT molecular complexity index is 508. The molecule has 0 fully saturated rings. The van der Waals surface area contributed by atoms with Crippen LogP contribution in [-0.2, 0) is 0 Å². The number of carbonyl (C=O) groups is 1. The molecule has 18 heavy (non-hydrogen) atoms. The molecule has 5 heteroatoms. The highest BCUT2D eigenvalue weighted by atomic mass is 35.5. The van der Waals surface area contributed by atoms with Crippen LogP contribution in [0.1, 0.15) is 35.6 Å². The molecule has 0 radical (unpaired) electrons. The lowest BCUT2D eigenvalue weighted by molar-refractivity contribution is 0.0934. The molecular formula is C13H14ClN3O. The molecule has 0 saturated carbocycles. The van der Waals surface area contributed by atoms with Crippen molar-refractivity contribution in [2.75, 3.05) is 0 Å². The minimum atomic E-state index is -0.130. The SMILES string of the molecule is CCC(NC(=O)c1ccc(Cl)cc1)c1ncc[nH]1. The number of aromatic amines is 1. The number of H-pyrrole nitrogens is 1. The van der Waals surface area contributed by atoms with E-state index >= 15 is 0 Å². The van der Waals surface area contributed by atoms with Crippen LogP contribution < -0.4 is 5.32 Å². The summed E-state index contributed by atoms with van der Waals surface area (Å²) in [4.78, 5) is 19.2. The molecule has 0 aliphatic heterocycles. The Balaban J connectivity index is 2.08. The average molecular weight is 264 g/mol. The number of amides is 1. The first-order chi connectivity index (χ1) is 8.70. The first-order valence-electron chi connectivity index (χ1n) is 5.76. The molecule has 94 valence electrons. The highest BCUT2D eigenvalue weighted by Crippen LogP contribution is 2.14. The Morgan fingerprint density at radius 2 is 2.17 bits per heavy atom. The van der Waals surface area contributed by atoms with Crippen molar-refractivity contribution in [2.45, 2.75) is 19.4 Å². The number of hydrogen-bond acceptors (Lipinski definition) is 2. The second-order valence-corrected chi connectivity index (χ2v) is 4.35. The Kier molecular flexibility index (Phi) is 3.99. The van der Waals surface area contributed by atoms with E-state index < -0.39 is 0 Å². The van der Waals surface area contributed by atoms with Crippen LogP contribution in [0.25, 0.3) is 0 Å². The van der Waals surface area contributed by atoms with Crippen LogP contribution in [-0.4, -0.2) is 15.9 Å². The fourth-order valence-electron chi connectivity index (χ4n) is 1.67. The summed E-state index contributed by atoms with van der Waals surface area (Å²) >= 11 is 5.78. The van der Waals surface area contributed by atoms with Crippen molar-refractivity contribution in [2.24, 2.45) is 0 Å². The van der Waals surface area contributed by atoms with Crippen LogP contribution in [0.2, 0.25) is 5.02 Å². The summed E-state index contributed by atoms with van der Waals surface area (Å²) in [6.07, 6.45) is 4.19. The van der Waals surface area contributed by atoms with Gasteiger partial charge in [0.15, 0.2) is 0 Å². The van der Waals surface area contributed by atoms with Gasteiger partial charge in [-0.05, 0) is 30.7 Å². The lowest BCUT2D eigenvalue weighted by Crippen LogP contribution is -2.28. The summed E-state index contributed by atoms with van der Waals surface area (Å²) < 4.78 is 0. The van der Waals surface area contributed by atoms with Gasteiger partial charge in [-0.3, -0.25) is 4.79 Å². The van der Waals surface area contributed by atoms with Gasteiger partial charge < -0.3 is 10.3 Å². The van der Waals surface area contributed by atoms with Crippen LogP contribution in [0.5, 0.6) is 0 Å². The van der Waals surface area contributed by atoms with Gasteiger partial charge in [-0.1, -0.05) is 18.5 Å². The molecular weight excluding hydrogens is 250 g/mol. The maximum absolute atomic E-state index is 12.0. The van der Waals surface area contributed by atoms with E-state index in [1.807, 2.05) is 6.92 Å².